The second-order valence-electron chi connectivity index (χ2n) is 16.8. The monoisotopic (exact) mass is 812 g/mol. The lowest BCUT2D eigenvalue weighted by atomic mass is 9.84. The van der Waals surface area contributed by atoms with E-state index in [1.54, 1.807) is 16.7 Å². The molecule has 3 rings (SSSR count). The lowest BCUT2D eigenvalue weighted by Crippen LogP contribution is -2.50. The van der Waals surface area contributed by atoms with Crippen molar-refractivity contribution in [1.29, 1.82) is 0 Å². The summed E-state index contributed by atoms with van der Waals surface area (Å²) in [7, 11) is -4.27. The molecule has 4 amide bonds. The topological polar surface area (TPSA) is 216 Å². The van der Waals surface area contributed by atoms with Crippen LogP contribution in [0.5, 0.6) is 0 Å². The number of nitrogens with one attached hydrogen (secondary N) is 3. The molecular formula is C38H64N6O11S. The molecule has 1 aromatic heterocycles. The molecule has 3 N–H and O–H groups in total. The highest BCUT2D eigenvalue weighted by Crippen LogP contribution is 2.30. The summed E-state index contributed by atoms with van der Waals surface area (Å²) in [5.41, 5.74) is -1.04. The Morgan fingerprint density at radius 2 is 1.30 bits per heavy atom. The molecule has 18 heteroatoms. The molecule has 0 aliphatic carbocycles. The maximum Gasteiger partial charge on any atom is 0.410 e. The van der Waals surface area contributed by atoms with E-state index < -0.39 is 45.7 Å². The molecule has 0 radical (unpaired) electrons. The highest BCUT2D eigenvalue weighted by Gasteiger charge is 2.33. The van der Waals surface area contributed by atoms with Crippen molar-refractivity contribution >= 4 is 40.0 Å². The Bertz CT molecular complexity index is 1530. The molecule has 0 aromatic carbocycles. The maximum absolute atomic E-state index is 13.6. The fourth-order valence-corrected chi connectivity index (χ4v) is 8.37. The van der Waals surface area contributed by atoms with Crippen molar-refractivity contribution in [1.82, 2.24) is 30.3 Å². The molecular weight excluding hydrogens is 749 g/mol. The Morgan fingerprint density at radius 1 is 0.821 bits per heavy atom. The first kappa shape index (κ1) is 46.5. The van der Waals surface area contributed by atoms with Gasteiger partial charge in [-0.3, -0.25) is 14.4 Å². The molecule has 2 saturated heterocycles. The van der Waals surface area contributed by atoms with Gasteiger partial charge in [-0.2, -0.15) is 4.72 Å². The third-order valence-corrected chi connectivity index (χ3v) is 11.5. The second kappa shape index (κ2) is 20.5. The number of sulfonamides is 1. The van der Waals surface area contributed by atoms with Gasteiger partial charge in [-0.15, -0.1) is 0 Å². The highest BCUT2D eigenvalue weighted by atomic mass is 32.2. The normalized spacial score (nSPS) is 16.7. The zero-order valence-corrected chi connectivity index (χ0v) is 35.5. The van der Waals surface area contributed by atoms with Crippen LogP contribution in [0.25, 0.3) is 0 Å². The van der Waals surface area contributed by atoms with Crippen LogP contribution in [-0.2, 0) is 38.6 Å². The fourth-order valence-electron chi connectivity index (χ4n) is 6.85. The van der Waals surface area contributed by atoms with Crippen LogP contribution in [0.3, 0.4) is 0 Å². The van der Waals surface area contributed by atoms with Gasteiger partial charge < -0.3 is 39.2 Å². The molecule has 0 bridgehead atoms. The second-order valence-corrected chi connectivity index (χ2v) is 18.4. The number of piperidine rings is 2. The summed E-state index contributed by atoms with van der Waals surface area (Å²) in [5.74, 6) is -1.50. The van der Waals surface area contributed by atoms with Gasteiger partial charge in [0.15, 0.2) is 5.76 Å². The summed E-state index contributed by atoms with van der Waals surface area (Å²) in [5, 5.41) is 8.93. The number of aryl methyl sites for hydroxylation is 2. The summed E-state index contributed by atoms with van der Waals surface area (Å²) in [4.78, 5) is 67.7. The Morgan fingerprint density at radius 3 is 1.71 bits per heavy atom. The van der Waals surface area contributed by atoms with Crippen molar-refractivity contribution in [2.45, 2.75) is 136 Å². The number of ether oxygens (including phenoxy) is 3. The highest BCUT2D eigenvalue weighted by molar-refractivity contribution is 7.89. The Labute approximate surface area is 331 Å². The molecule has 3 heterocycles. The molecule has 2 aliphatic rings. The summed E-state index contributed by atoms with van der Waals surface area (Å²) in [6.07, 6.45) is 5.26. The van der Waals surface area contributed by atoms with Crippen molar-refractivity contribution in [3.63, 3.8) is 0 Å². The zero-order chi connectivity index (χ0) is 41.8. The predicted molar refractivity (Wildman–Crippen MR) is 206 cm³/mol. The van der Waals surface area contributed by atoms with Crippen molar-refractivity contribution < 1.29 is 51.1 Å². The first-order valence-corrected chi connectivity index (χ1v) is 21.2. The summed E-state index contributed by atoms with van der Waals surface area (Å²) in [6.45, 7) is 17.0. The van der Waals surface area contributed by atoms with Crippen LogP contribution in [-0.4, -0.2) is 116 Å². The van der Waals surface area contributed by atoms with Crippen LogP contribution >= 0.6 is 0 Å². The number of hydrogen-bond acceptors (Lipinski definition) is 12. The van der Waals surface area contributed by atoms with Gasteiger partial charge in [0.05, 0.1) is 13.2 Å². The first-order chi connectivity index (χ1) is 26.1. The molecule has 1 aromatic rings. The first-order valence-electron chi connectivity index (χ1n) is 19.7. The van der Waals surface area contributed by atoms with Gasteiger partial charge >= 0.3 is 18.2 Å². The van der Waals surface area contributed by atoms with E-state index in [0.717, 1.165) is 38.5 Å². The molecule has 56 heavy (non-hydrogen) atoms. The minimum absolute atomic E-state index is 0.0144. The van der Waals surface area contributed by atoms with E-state index in [9.17, 15) is 32.4 Å². The SMILES string of the molecule is CCOC(=O)[C@H](CNC(=O)CNC(=O)C(CCC1CCN(C(=O)OC(C)(C)C)CC1)CCC1CCN(C(=O)OC(C)(C)C)CC1)NS(=O)(=O)c1c(C)noc1C. The Balaban J connectivity index is 1.59. The molecule has 318 valence electrons. The van der Waals surface area contributed by atoms with Crippen LogP contribution in [0.4, 0.5) is 9.59 Å². The number of nitrogens with zero attached hydrogens (tertiary/aromatic N) is 3. The van der Waals surface area contributed by atoms with E-state index in [4.69, 9.17) is 18.7 Å². The van der Waals surface area contributed by atoms with Crippen molar-refractivity contribution in [3.8, 4) is 0 Å². The van der Waals surface area contributed by atoms with Gasteiger partial charge in [0, 0.05) is 38.6 Å². The molecule has 2 aliphatic heterocycles. The predicted octanol–water partition coefficient (Wildman–Crippen LogP) is 4.20. The van der Waals surface area contributed by atoms with Gasteiger partial charge in [0.2, 0.25) is 21.8 Å². The van der Waals surface area contributed by atoms with E-state index in [0.29, 0.717) is 50.9 Å². The number of rotatable bonds is 16. The van der Waals surface area contributed by atoms with Gasteiger partial charge in [-0.25, -0.2) is 18.0 Å². The number of hydrogen-bond donors (Lipinski definition) is 3. The Kier molecular flexibility index (Phi) is 17.0. The Hall–Kier alpha value is -3.93. The fraction of sp³-hybridized carbons (Fsp3) is 0.789. The lowest BCUT2D eigenvalue weighted by molar-refractivity contribution is -0.145. The van der Waals surface area contributed by atoms with Crippen LogP contribution in [0.1, 0.15) is 111 Å². The van der Waals surface area contributed by atoms with Crippen LogP contribution in [0.2, 0.25) is 0 Å². The number of esters is 1. The quantitative estimate of drug-likeness (QED) is 0.158. The minimum atomic E-state index is -4.27. The molecule has 17 nitrogen and oxygen atoms in total. The van der Waals surface area contributed by atoms with E-state index in [-0.39, 0.29) is 53.5 Å². The number of aromatic nitrogens is 1. The lowest BCUT2D eigenvalue weighted by Gasteiger charge is -2.34. The van der Waals surface area contributed by atoms with Gasteiger partial charge in [0.1, 0.15) is 27.8 Å². The van der Waals surface area contributed by atoms with Gasteiger partial charge in [-0.1, -0.05) is 5.16 Å². The number of amides is 4. The number of likely N-dealkylation sites (tertiary alicyclic amines) is 2. The van der Waals surface area contributed by atoms with Crippen molar-refractivity contribution in [2.24, 2.45) is 17.8 Å². The molecule has 1 atom stereocenters. The average molecular weight is 813 g/mol. The van der Waals surface area contributed by atoms with Gasteiger partial charge in [-0.05, 0) is 126 Å². The van der Waals surface area contributed by atoms with E-state index in [2.05, 4.69) is 20.5 Å². The molecule has 0 saturated carbocycles. The summed E-state index contributed by atoms with van der Waals surface area (Å²) >= 11 is 0. The average Bonchev–Trinajstić information content (AvgIpc) is 3.46. The van der Waals surface area contributed by atoms with Crippen molar-refractivity contribution in [3.05, 3.63) is 11.5 Å². The molecule has 2 fully saturated rings. The summed E-state index contributed by atoms with van der Waals surface area (Å²) in [6, 6.07) is -1.45. The van der Waals surface area contributed by atoms with Crippen LogP contribution < -0.4 is 15.4 Å². The van der Waals surface area contributed by atoms with Crippen molar-refractivity contribution in [2.75, 3.05) is 45.9 Å². The zero-order valence-electron chi connectivity index (χ0n) is 34.7. The maximum atomic E-state index is 13.6. The third-order valence-electron chi connectivity index (χ3n) is 9.78. The van der Waals surface area contributed by atoms with Crippen LogP contribution in [0.15, 0.2) is 9.42 Å². The van der Waals surface area contributed by atoms with Crippen LogP contribution in [0, 0.1) is 31.6 Å². The van der Waals surface area contributed by atoms with Gasteiger partial charge in [0.25, 0.3) is 0 Å². The largest absolute Gasteiger partial charge is 0.465 e. The number of carbonyl (C=O) groups is 5. The third kappa shape index (κ3) is 15.2. The molecule has 0 unspecified atom stereocenters. The van der Waals surface area contributed by atoms with E-state index in [1.807, 2.05) is 41.5 Å². The smallest absolute Gasteiger partial charge is 0.410 e. The van der Waals surface area contributed by atoms with E-state index >= 15 is 0 Å². The number of carbonyl (C=O) groups excluding carboxylic acids is 5. The summed E-state index contributed by atoms with van der Waals surface area (Å²) < 4.78 is 49.5. The molecule has 0 spiro atoms. The van der Waals surface area contributed by atoms with E-state index in [1.165, 1.54) is 13.8 Å². The minimum Gasteiger partial charge on any atom is -0.465 e. The standard InChI is InChI=1S/C38H64N6O11S/c1-10-52-34(47)30(42-56(50,51)32-25(2)41-55-26(32)3)23-39-31(45)24-40-33(46)29(13-11-27-15-19-43(20-16-27)35(48)53-37(4,5)6)14-12-28-17-21-44(22-18-28)36(49)54-38(7,8)9/h27-30,42H,10-24H2,1-9H3,(H,39,45)(H,40,46)/t30-/m0/s1.